The maximum Gasteiger partial charge on any atom is 0.206 e. The number of hydrogen-bond donors (Lipinski definition) is 3. The third-order valence-electron chi connectivity index (χ3n) is 3.15. The van der Waals surface area contributed by atoms with Crippen LogP contribution in [0, 0.1) is 0 Å². The molecule has 0 unspecified atom stereocenters. The van der Waals surface area contributed by atoms with E-state index < -0.39 is 0 Å². The highest BCUT2D eigenvalue weighted by atomic mass is 16.5. The van der Waals surface area contributed by atoms with E-state index in [0.717, 1.165) is 0 Å². The lowest BCUT2D eigenvalue weighted by molar-refractivity contribution is 0.207. The van der Waals surface area contributed by atoms with Crippen LogP contribution < -0.4 is 16.6 Å². The van der Waals surface area contributed by atoms with Gasteiger partial charge in [-0.25, -0.2) is 10.8 Å². The second kappa shape index (κ2) is 9.24. The largest absolute Gasteiger partial charge is 0.383 e. The average Bonchev–Trinajstić information content (AvgIpc) is 2.30. The fourth-order valence-electron chi connectivity index (χ4n) is 2.18. The number of nitrogens with two attached hydrogens (primary N) is 1. The van der Waals surface area contributed by atoms with Crippen molar-refractivity contribution in [1.82, 2.24) is 10.7 Å². The van der Waals surface area contributed by atoms with E-state index in [1.807, 2.05) is 0 Å². The van der Waals surface area contributed by atoms with Crippen LogP contribution in [0.5, 0.6) is 0 Å². The summed E-state index contributed by atoms with van der Waals surface area (Å²) in [5.41, 5.74) is 2.63. The highest BCUT2D eigenvalue weighted by Crippen LogP contribution is 2.16. The summed E-state index contributed by atoms with van der Waals surface area (Å²) in [6.45, 7) is 1.26. The summed E-state index contributed by atoms with van der Waals surface area (Å²) in [4.78, 5) is 4.32. The van der Waals surface area contributed by atoms with E-state index in [0.29, 0.717) is 25.2 Å². The summed E-state index contributed by atoms with van der Waals surface area (Å²) >= 11 is 0. The van der Waals surface area contributed by atoms with Gasteiger partial charge in [-0.05, 0) is 12.8 Å². The summed E-state index contributed by atoms with van der Waals surface area (Å²) in [6.07, 6.45) is 9.11. The molecule has 1 rings (SSSR count). The summed E-state index contributed by atoms with van der Waals surface area (Å²) in [5, 5.41) is 3.39. The molecule has 5 heteroatoms. The van der Waals surface area contributed by atoms with Crippen LogP contribution in [-0.2, 0) is 4.74 Å². The summed E-state index contributed by atoms with van der Waals surface area (Å²) < 4.78 is 4.96. The lowest BCUT2D eigenvalue weighted by Crippen LogP contribution is -2.46. The summed E-state index contributed by atoms with van der Waals surface area (Å²) in [6, 6.07) is 0.507. The molecular weight excluding hydrogens is 216 g/mol. The second-order valence-corrected chi connectivity index (χ2v) is 4.55. The number of aliphatic imine (C=N–C) groups is 1. The van der Waals surface area contributed by atoms with Crippen molar-refractivity contribution in [3.05, 3.63) is 0 Å². The summed E-state index contributed by atoms with van der Waals surface area (Å²) in [5.74, 6) is 6.15. The molecule has 0 saturated heterocycles. The zero-order chi connectivity index (χ0) is 12.3. The van der Waals surface area contributed by atoms with Gasteiger partial charge in [-0.1, -0.05) is 32.1 Å². The van der Waals surface area contributed by atoms with Gasteiger partial charge < -0.3 is 10.1 Å². The van der Waals surface area contributed by atoms with Gasteiger partial charge in [0.15, 0.2) is 0 Å². The quantitative estimate of drug-likeness (QED) is 0.227. The van der Waals surface area contributed by atoms with Crippen LogP contribution in [0.15, 0.2) is 4.99 Å². The molecule has 0 spiro atoms. The third-order valence-corrected chi connectivity index (χ3v) is 3.15. The van der Waals surface area contributed by atoms with Gasteiger partial charge in [-0.3, -0.25) is 5.43 Å². The van der Waals surface area contributed by atoms with Crippen LogP contribution in [0.25, 0.3) is 0 Å². The van der Waals surface area contributed by atoms with Crippen molar-refractivity contribution in [2.45, 2.75) is 51.0 Å². The fraction of sp³-hybridized carbons (Fsp3) is 0.917. The highest BCUT2D eigenvalue weighted by molar-refractivity contribution is 5.79. The predicted octanol–water partition coefficient (Wildman–Crippen LogP) is 1.15. The van der Waals surface area contributed by atoms with Crippen molar-refractivity contribution in [2.24, 2.45) is 10.8 Å². The van der Waals surface area contributed by atoms with Gasteiger partial charge >= 0.3 is 0 Å². The molecule has 1 aliphatic rings. The number of rotatable bonds is 4. The van der Waals surface area contributed by atoms with Crippen molar-refractivity contribution in [3.8, 4) is 0 Å². The molecule has 0 aromatic rings. The Kier molecular flexibility index (Phi) is 7.75. The van der Waals surface area contributed by atoms with Gasteiger partial charge in [0.1, 0.15) is 0 Å². The minimum absolute atomic E-state index is 0.507. The number of guanidine groups is 1. The van der Waals surface area contributed by atoms with E-state index in [-0.39, 0.29) is 0 Å². The predicted molar refractivity (Wildman–Crippen MR) is 70.7 cm³/mol. The SMILES string of the molecule is COCCN=C(NN)NC1CCCCCCC1. The lowest BCUT2D eigenvalue weighted by Gasteiger charge is -2.22. The fourth-order valence-corrected chi connectivity index (χ4v) is 2.18. The molecule has 17 heavy (non-hydrogen) atoms. The maximum absolute atomic E-state index is 5.46. The van der Waals surface area contributed by atoms with E-state index in [4.69, 9.17) is 10.6 Å². The zero-order valence-electron chi connectivity index (χ0n) is 10.9. The summed E-state index contributed by atoms with van der Waals surface area (Å²) in [7, 11) is 1.67. The molecule has 4 N–H and O–H groups in total. The zero-order valence-corrected chi connectivity index (χ0v) is 10.9. The molecule has 0 radical (unpaired) electrons. The molecule has 5 nitrogen and oxygen atoms in total. The Labute approximate surface area is 104 Å². The van der Waals surface area contributed by atoms with Crippen LogP contribution in [-0.4, -0.2) is 32.3 Å². The smallest absolute Gasteiger partial charge is 0.206 e. The number of methoxy groups -OCH3 is 1. The molecule has 0 aromatic heterocycles. The molecule has 0 aliphatic heterocycles. The number of ether oxygens (including phenoxy) is 1. The van der Waals surface area contributed by atoms with Crippen molar-refractivity contribution in [2.75, 3.05) is 20.3 Å². The molecule has 0 amide bonds. The van der Waals surface area contributed by atoms with E-state index in [2.05, 4.69) is 15.7 Å². The molecular formula is C12H26N4O. The Morgan fingerprint density at radius 1 is 1.24 bits per heavy atom. The number of hydrazine groups is 1. The molecule has 0 heterocycles. The van der Waals surface area contributed by atoms with Crippen LogP contribution in [0.1, 0.15) is 44.9 Å². The Morgan fingerprint density at radius 3 is 2.47 bits per heavy atom. The van der Waals surface area contributed by atoms with Crippen LogP contribution >= 0.6 is 0 Å². The minimum Gasteiger partial charge on any atom is -0.383 e. The van der Waals surface area contributed by atoms with Crippen LogP contribution in [0.4, 0.5) is 0 Å². The van der Waals surface area contributed by atoms with Gasteiger partial charge in [-0.2, -0.15) is 0 Å². The molecule has 0 atom stereocenters. The normalized spacial score (nSPS) is 19.5. The average molecular weight is 242 g/mol. The Morgan fingerprint density at radius 2 is 1.88 bits per heavy atom. The molecule has 1 saturated carbocycles. The standard InChI is InChI=1S/C12H26N4O/c1-17-10-9-14-12(16-13)15-11-7-5-3-2-4-6-8-11/h11H,2-10,13H2,1H3,(H2,14,15,16). The van der Waals surface area contributed by atoms with Crippen molar-refractivity contribution >= 4 is 5.96 Å². The first-order valence-corrected chi connectivity index (χ1v) is 6.63. The maximum atomic E-state index is 5.46. The molecule has 1 fully saturated rings. The van der Waals surface area contributed by atoms with E-state index in [1.54, 1.807) is 7.11 Å². The van der Waals surface area contributed by atoms with Crippen LogP contribution in [0.2, 0.25) is 0 Å². The molecule has 1 aliphatic carbocycles. The first-order chi connectivity index (χ1) is 8.36. The number of nitrogens with zero attached hydrogens (tertiary/aromatic N) is 1. The lowest BCUT2D eigenvalue weighted by atomic mass is 9.97. The Balaban J connectivity index is 2.33. The Bertz CT molecular complexity index is 213. The van der Waals surface area contributed by atoms with E-state index in [1.165, 1.54) is 44.9 Å². The van der Waals surface area contributed by atoms with E-state index >= 15 is 0 Å². The monoisotopic (exact) mass is 242 g/mol. The highest BCUT2D eigenvalue weighted by Gasteiger charge is 2.12. The van der Waals surface area contributed by atoms with Gasteiger partial charge in [0.05, 0.1) is 13.2 Å². The van der Waals surface area contributed by atoms with Crippen molar-refractivity contribution in [3.63, 3.8) is 0 Å². The number of nitrogens with one attached hydrogen (secondary N) is 2. The Hall–Kier alpha value is -0.810. The molecule has 100 valence electrons. The van der Waals surface area contributed by atoms with Crippen molar-refractivity contribution in [1.29, 1.82) is 0 Å². The third kappa shape index (κ3) is 6.48. The van der Waals surface area contributed by atoms with Gasteiger partial charge in [-0.15, -0.1) is 0 Å². The van der Waals surface area contributed by atoms with E-state index in [9.17, 15) is 0 Å². The molecule has 0 bridgehead atoms. The number of hydrogen-bond acceptors (Lipinski definition) is 3. The van der Waals surface area contributed by atoms with Gasteiger partial charge in [0, 0.05) is 13.2 Å². The molecule has 0 aromatic carbocycles. The first-order valence-electron chi connectivity index (χ1n) is 6.63. The minimum atomic E-state index is 0.507. The first kappa shape index (κ1) is 14.3. The van der Waals surface area contributed by atoms with Gasteiger partial charge in [0.2, 0.25) is 5.96 Å². The van der Waals surface area contributed by atoms with Gasteiger partial charge in [0.25, 0.3) is 0 Å². The van der Waals surface area contributed by atoms with Crippen molar-refractivity contribution < 1.29 is 4.74 Å². The topological polar surface area (TPSA) is 71.7 Å². The van der Waals surface area contributed by atoms with Crippen LogP contribution in [0.3, 0.4) is 0 Å². The second-order valence-electron chi connectivity index (χ2n) is 4.55.